The van der Waals surface area contributed by atoms with Crippen molar-refractivity contribution in [3.8, 4) is 0 Å². The molecule has 4 nitrogen and oxygen atoms in total. The number of nitrogens with zero attached hydrogens (tertiary/aromatic N) is 3. The summed E-state index contributed by atoms with van der Waals surface area (Å²) in [6.07, 6.45) is 6.11. The van der Waals surface area contributed by atoms with Gasteiger partial charge in [-0.1, -0.05) is 24.3 Å². The van der Waals surface area contributed by atoms with Crippen molar-refractivity contribution in [3.63, 3.8) is 0 Å². The molecular weight excluding hydrogens is 262 g/mol. The van der Waals surface area contributed by atoms with Crippen LogP contribution in [0.5, 0.6) is 0 Å². The van der Waals surface area contributed by atoms with E-state index in [2.05, 4.69) is 41.3 Å². The average Bonchev–Trinajstić information content (AvgIpc) is 3.01. The monoisotopic (exact) mass is 285 g/mol. The predicted octanol–water partition coefficient (Wildman–Crippen LogP) is 2.54. The lowest BCUT2D eigenvalue weighted by Gasteiger charge is -2.31. The maximum atomic E-state index is 5.44. The Labute approximate surface area is 126 Å². The molecule has 0 bridgehead atoms. The number of hydrogen-bond donors (Lipinski definition) is 0. The largest absolute Gasteiger partial charge is 0.381 e. The lowest BCUT2D eigenvalue weighted by Crippen LogP contribution is -2.36. The van der Waals surface area contributed by atoms with Crippen LogP contribution < -0.4 is 0 Å². The third-order valence-corrected chi connectivity index (χ3v) is 4.14. The first-order valence-corrected chi connectivity index (χ1v) is 7.64. The van der Waals surface area contributed by atoms with Crippen LogP contribution in [0, 0.1) is 0 Å². The molecule has 2 heterocycles. The van der Waals surface area contributed by atoms with E-state index in [1.807, 2.05) is 23.1 Å². The minimum Gasteiger partial charge on any atom is -0.381 e. The van der Waals surface area contributed by atoms with Gasteiger partial charge < -0.3 is 4.74 Å². The van der Waals surface area contributed by atoms with Crippen LogP contribution in [0.4, 0.5) is 0 Å². The standard InChI is InChI=1S/C17H23N3O/c1-19(17-6-10-21-11-7-17)13-15-4-2-5-16(12-15)14-20-9-3-8-18-20/h2-5,8-9,12,17H,6-7,10-11,13-14H2,1H3. The Hall–Kier alpha value is -1.65. The van der Waals surface area contributed by atoms with Crippen LogP contribution in [0.15, 0.2) is 42.7 Å². The highest BCUT2D eigenvalue weighted by molar-refractivity contribution is 5.23. The van der Waals surface area contributed by atoms with Gasteiger partial charge in [-0.25, -0.2) is 0 Å². The Bertz CT molecular complexity index is 547. The molecule has 112 valence electrons. The van der Waals surface area contributed by atoms with Gasteiger partial charge >= 0.3 is 0 Å². The fourth-order valence-corrected chi connectivity index (χ4v) is 2.95. The molecule has 0 unspecified atom stereocenters. The summed E-state index contributed by atoms with van der Waals surface area (Å²) < 4.78 is 7.40. The van der Waals surface area contributed by atoms with Crippen molar-refractivity contribution < 1.29 is 4.74 Å². The minimum atomic E-state index is 0.647. The van der Waals surface area contributed by atoms with Crippen LogP contribution in [0.3, 0.4) is 0 Å². The van der Waals surface area contributed by atoms with Crippen molar-refractivity contribution in [1.29, 1.82) is 0 Å². The van der Waals surface area contributed by atoms with Crippen LogP contribution in [0.25, 0.3) is 0 Å². The highest BCUT2D eigenvalue weighted by Crippen LogP contribution is 2.16. The van der Waals surface area contributed by atoms with Gasteiger partial charge in [0.25, 0.3) is 0 Å². The molecule has 1 aliphatic heterocycles. The third-order valence-electron chi connectivity index (χ3n) is 4.14. The molecule has 0 N–H and O–H groups in total. The molecule has 2 aromatic rings. The first-order valence-electron chi connectivity index (χ1n) is 7.64. The number of benzene rings is 1. The predicted molar refractivity (Wildman–Crippen MR) is 83.1 cm³/mol. The van der Waals surface area contributed by atoms with E-state index in [0.29, 0.717) is 6.04 Å². The zero-order chi connectivity index (χ0) is 14.5. The van der Waals surface area contributed by atoms with Crippen LogP contribution >= 0.6 is 0 Å². The third kappa shape index (κ3) is 3.93. The Morgan fingerprint density at radius 1 is 1.24 bits per heavy atom. The second kappa shape index (κ2) is 6.87. The zero-order valence-electron chi connectivity index (χ0n) is 12.6. The summed E-state index contributed by atoms with van der Waals surface area (Å²) in [5.74, 6) is 0. The van der Waals surface area contributed by atoms with Crippen LogP contribution in [-0.4, -0.2) is 41.0 Å². The molecule has 0 atom stereocenters. The van der Waals surface area contributed by atoms with Crippen LogP contribution in [0.2, 0.25) is 0 Å². The SMILES string of the molecule is CN(Cc1cccc(Cn2cccn2)c1)C1CCOCC1. The fourth-order valence-electron chi connectivity index (χ4n) is 2.95. The second-order valence-corrected chi connectivity index (χ2v) is 5.78. The molecule has 1 aromatic heterocycles. The highest BCUT2D eigenvalue weighted by atomic mass is 16.5. The summed E-state index contributed by atoms with van der Waals surface area (Å²) in [6, 6.07) is 11.4. The lowest BCUT2D eigenvalue weighted by molar-refractivity contribution is 0.0407. The molecule has 21 heavy (non-hydrogen) atoms. The van der Waals surface area contributed by atoms with Gasteiger partial charge in [0.15, 0.2) is 0 Å². The topological polar surface area (TPSA) is 30.3 Å². The molecule has 3 rings (SSSR count). The fraction of sp³-hybridized carbons (Fsp3) is 0.471. The van der Waals surface area contributed by atoms with E-state index in [-0.39, 0.29) is 0 Å². The van der Waals surface area contributed by atoms with E-state index in [4.69, 9.17) is 4.74 Å². The molecule has 0 saturated carbocycles. The first-order chi connectivity index (χ1) is 10.3. The molecule has 0 spiro atoms. The molecule has 1 fully saturated rings. The van der Waals surface area contributed by atoms with E-state index in [1.54, 1.807) is 0 Å². The summed E-state index contributed by atoms with van der Waals surface area (Å²) in [5, 5.41) is 4.27. The molecule has 1 aromatic carbocycles. The molecular formula is C17H23N3O. The van der Waals surface area contributed by atoms with Crippen molar-refractivity contribution in [2.24, 2.45) is 0 Å². The van der Waals surface area contributed by atoms with Crippen molar-refractivity contribution in [3.05, 3.63) is 53.9 Å². The molecule has 0 amide bonds. The number of hydrogen-bond acceptors (Lipinski definition) is 3. The summed E-state index contributed by atoms with van der Waals surface area (Å²) in [6.45, 7) is 3.63. The van der Waals surface area contributed by atoms with E-state index >= 15 is 0 Å². The van der Waals surface area contributed by atoms with Gasteiger partial charge in [-0.15, -0.1) is 0 Å². The van der Waals surface area contributed by atoms with Gasteiger partial charge in [-0.2, -0.15) is 5.10 Å². The Morgan fingerprint density at radius 3 is 2.81 bits per heavy atom. The number of rotatable bonds is 5. The smallest absolute Gasteiger partial charge is 0.0659 e. The summed E-state index contributed by atoms with van der Waals surface area (Å²) >= 11 is 0. The lowest BCUT2D eigenvalue weighted by atomic mass is 10.1. The van der Waals surface area contributed by atoms with Crippen LogP contribution in [0.1, 0.15) is 24.0 Å². The van der Waals surface area contributed by atoms with E-state index in [9.17, 15) is 0 Å². The Balaban J connectivity index is 1.62. The molecule has 4 heteroatoms. The average molecular weight is 285 g/mol. The normalized spacial score (nSPS) is 16.5. The van der Waals surface area contributed by atoms with Crippen molar-refractivity contribution in [2.75, 3.05) is 20.3 Å². The van der Waals surface area contributed by atoms with Crippen molar-refractivity contribution in [1.82, 2.24) is 14.7 Å². The summed E-state index contributed by atoms with van der Waals surface area (Å²) in [4.78, 5) is 2.45. The first kappa shape index (κ1) is 14.3. The van der Waals surface area contributed by atoms with E-state index in [0.717, 1.165) is 39.1 Å². The summed E-state index contributed by atoms with van der Waals surface area (Å²) in [5.41, 5.74) is 2.67. The molecule has 0 radical (unpaired) electrons. The molecule has 0 aliphatic carbocycles. The minimum absolute atomic E-state index is 0.647. The zero-order valence-corrected chi connectivity index (χ0v) is 12.6. The second-order valence-electron chi connectivity index (χ2n) is 5.78. The van der Waals surface area contributed by atoms with Crippen LogP contribution in [-0.2, 0) is 17.8 Å². The highest BCUT2D eigenvalue weighted by Gasteiger charge is 2.18. The van der Waals surface area contributed by atoms with Gasteiger partial charge in [-0.05, 0) is 37.1 Å². The van der Waals surface area contributed by atoms with Gasteiger partial charge in [0, 0.05) is 38.2 Å². The number of aromatic nitrogens is 2. The van der Waals surface area contributed by atoms with E-state index < -0.39 is 0 Å². The van der Waals surface area contributed by atoms with Crippen molar-refractivity contribution in [2.45, 2.75) is 32.0 Å². The number of ether oxygens (including phenoxy) is 1. The summed E-state index contributed by atoms with van der Waals surface area (Å²) in [7, 11) is 2.22. The van der Waals surface area contributed by atoms with E-state index in [1.165, 1.54) is 11.1 Å². The molecule has 1 aliphatic rings. The van der Waals surface area contributed by atoms with Gasteiger partial charge in [0.05, 0.1) is 6.54 Å². The van der Waals surface area contributed by atoms with Gasteiger partial charge in [0.1, 0.15) is 0 Å². The molecule has 1 saturated heterocycles. The maximum absolute atomic E-state index is 5.44. The maximum Gasteiger partial charge on any atom is 0.0659 e. The Kier molecular flexibility index (Phi) is 4.68. The van der Waals surface area contributed by atoms with Gasteiger partial charge in [0.2, 0.25) is 0 Å². The quantitative estimate of drug-likeness (QED) is 0.846. The van der Waals surface area contributed by atoms with Crippen molar-refractivity contribution >= 4 is 0 Å². The Morgan fingerprint density at radius 2 is 2.05 bits per heavy atom. The van der Waals surface area contributed by atoms with Gasteiger partial charge in [-0.3, -0.25) is 9.58 Å².